The molecule has 7 nitrogen and oxygen atoms in total. The summed E-state index contributed by atoms with van der Waals surface area (Å²) in [7, 11) is 1.64. The molecule has 2 heterocycles. The predicted octanol–water partition coefficient (Wildman–Crippen LogP) is 2.39. The first-order chi connectivity index (χ1) is 13.7. The summed E-state index contributed by atoms with van der Waals surface area (Å²) in [5.41, 5.74) is 3.04. The minimum absolute atomic E-state index is 0.0486. The Bertz CT molecular complexity index is 947. The normalized spacial score (nSPS) is 15.6. The lowest BCUT2D eigenvalue weighted by Crippen LogP contribution is -2.41. The molecule has 0 bridgehead atoms. The first kappa shape index (κ1) is 18.4. The fourth-order valence-corrected chi connectivity index (χ4v) is 3.72. The minimum Gasteiger partial charge on any atom is -0.497 e. The number of piperidine rings is 1. The molecule has 1 aliphatic heterocycles. The SMILES string of the molecule is COc1cccc(CNC(=O)CN2CCC(n3nnc4ccccc43)CC2)c1. The molecule has 7 heteroatoms. The van der Waals surface area contributed by atoms with Gasteiger partial charge in [-0.2, -0.15) is 0 Å². The summed E-state index contributed by atoms with van der Waals surface area (Å²) in [6.45, 7) is 2.70. The second-order valence-corrected chi connectivity index (χ2v) is 7.16. The molecule has 3 aromatic rings. The molecule has 0 atom stereocenters. The Hall–Kier alpha value is -2.93. The third-order valence-electron chi connectivity index (χ3n) is 5.27. The first-order valence-corrected chi connectivity index (χ1v) is 9.65. The molecule has 4 rings (SSSR count). The number of methoxy groups -OCH3 is 1. The van der Waals surface area contributed by atoms with Gasteiger partial charge in [0.25, 0.3) is 0 Å². The van der Waals surface area contributed by atoms with E-state index in [0.717, 1.165) is 48.3 Å². The fourth-order valence-electron chi connectivity index (χ4n) is 3.72. The van der Waals surface area contributed by atoms with Crippen LogP contribution in [0.25, 0.3) is 11.0 Å². The lowest BCUT2D eigenvalue weighted by Gasteiger charge is -2.31. The van der Waals surface area contributed by atoms with E-state index in [4.69, 9.17) is 4.74 Å². The van der Waals surface area contributed by atoms with Crippen molar-refractivity contribution in [3.05, 3.63) is 54.1 Å². The second kappa shape index (κ2) is 8.39. The molecule has 1 fully saturated rings. The van der Waals surface area contributed by atoms with Crippen molar-refractivity contribution < 1.29 is 9.53 Å². The highest BCUT2D eigenvalue weighted by Crippen LogP contribution is 2.25. The molecule has 0 radical (unpaired) electrons. The summed E-state index contributed by atoms with van der Waals surface area (Å²) < 4.78 is 7.26. The van der Waals surface area contributed by atoms with E-state index in [1.807, 2.05) is 47.1 Å². The van der Waals surface area contributed by atoms with E-state index in [2.05, 4.69) is 26.6 Å². The zero-order valence-corrected chi connectivity index (χ0v) is 16.0. The van der Waals surface area contributed by atoms with Crippen LogP contribution in [0, 0.1) is 0 Å². The van der Waals surface area contributed by atoms with Gasteiger partial charge in [0, 0.05) is 19.6 Å². The fraction of sp³-hybridized carbons (Fsp3) is 0.381. The van der Waals surface area contributed by atoms with Crippen molar-refractivity contribution in [1.29, 1.82) is 0 Å². The summed E-state index contributed by atoms with van der Waals surface area (Å²) >= 11 is 0. The molecule has 0 aliphatic carbocycles. The van der Waals surface area contributed by atoms with E-state index in [1.54, 1.807) is 7.11 Å². The maximum absolute atomic E-state index is 12.3. The van der Waals surface area contributed by atoms with Gasteiger partial charge in [0.1, 0.15) is 11.3 Å². The number of benzene rings is 2. The van der Waals surface area contributed by atoms with Crippen LogP contribution in [0.5, 0.6) is 5.75 Å². The number of hydrogen-bond acceptors (Lipinski definition) is 5. The Morgan fingerprint density at radius 2 is 2.00 bits per heavy atom. The second-order valence-electron chi connectivity index (χ2n) is 7.16. The van der Waals surface area contributed by atoms with Crippen LogP contribution >= 0.6 is 0 Å². The zero-order chi connectivity index (χ0) is 19.3. The maximum atomic E-state index is 12.3. The van der Waals surface area contributed by atoms with Gasteiger partial charge in [0.05, 0.1) is 25.2 Å². The van der Waals surface area contributed by atoms with Crippen molar-refractivity contribution in [3.8, 4) is 5.75 Å². The van der Waals surface area contributed by atoms with Crippen LogP contribution in [0.4, 0.5) is 0 Å². The number of hydrogen-bond donors (Lipinski definition) is 1. The number of amides is 1. The van der Waals surface area contributed by atoms with Crippen molar-refractivity contribution in [1.82, 2.24) is 25.2 Å². The Labute approximate surface area is 164 Å². The number of carbonyl (C=O) groups is 1. The molecule has 1 aliphatic rings. The monoisotopic (exact) mass is 379 g/mol. The van der Waals surface area contributed by atoms with E-state index in [1.165, 1.54) is 0 Å². The molecular weight excluding hydrogens is 354 g/mol. The van der Waals surface area contributed by atoms with Gasteiger partial charge in [0.2, 0.25) is 5.91 Å². The average molecular weight is 379 g/mol. The van der Waals surface area contributed by atoms with E-state index in [-0.39, 0.29) is 5.91 Å². The lowest BCUT2D eigenvalue weighted by atomic mass is 10.0. The topological polar surface area (TPSA) is 72.3 Å². The van der Waals surface area contributed by atoms with Crippen LogP contribution in [0.3, 0.4) is 0 Å². The van der Waals surface area contributed by atoms with Crippen LogP contribution < -0.4 is 10.1 Å². The number of ether oxygens (including phenoxy) is 1. The van der Waals surface area contributed by atoms with E-state index < -0.39 is 0 Å². The highest BCUT2D eigenvalue weighted by Gasteiger charge is 2.23. The Morgan fingerprint density at radius 1 is 1.18 bits per heavy atom. The molecule has 1 saturated heterocycles. The van der Waals surface area contributed by atoms with Crippen molar-refractivity contribution in [2.24, 2.45) is 0 Å². The Morgan fingerprint density at radius 3 is 2.82 bits per heavy atom. The summed E-state index contributed by atoms with van der Waals surface area (Å²) in [5, 5.41) is 11.6. The molecule has 2 aromatic carbocycles. The molecule has 146 valence electrons. The predicted molar refractivity (Wildman–Crippen MR) is 107 cm³/mol. The highest BCUT2D eigenvalue weighted by atomic mass is 16.5. The first-order valence-electron chi connectivity index (χ1n) is 9.65. The van der Waals surface area contributed by atoms with Crippen molar-refractivity contribution in [3.63, 3.8) is 0 Å². The number of para-hydroxylation sites is 1. The molecule has 0 spiro atoms. The lowest BCUT2D eigenvalue weighted by molar-refractivity contribution is -0.122. The highest BCUT2D eigenvalue weighted by molar-refractivity contribution is 5.78. The third kappa shape index (κ3) is 4.14. The van der Waals surface area contributed by atoms with Gasteiger partial charge < -0.3 is 10.1 Å². The van der Waals surface area contributed by atoms with Crippen LogP contribution in [-0.4, -0.2) is 52.5 Å². The summed E-state index contributed by atoms with van der Waals surface area (Å²) in [6, 6.07) is 16.1. The van der Waals surface area contributed by atoms with Gasteiger partial charge in [-0.25, -0.2) is 4.68 Å². The molecule has 1 amide bonds. The van der Waals surface area contributed by atoms with Crippen molar-refractivity contribution >= 4 is 16.9 Å². The summed E-state index contributed by atoms with van der Waals surface area (Å²) in [6.07, 6.45) is 1.94. The smallest absolute Gasteiger partial charge is 0.234 e. The van der Waals surface area contributed by atoms with Gasteiger partial charge in [0.15, 0.2) is 0 Å². The molecule has 0 unspecified atom stereocenters. The van der Waals surface area contributed by atoms with Gasteiger partial charge in [-0.05, 0) is 42.7 Å². The number of likely N-dealkylation sites (tertiary alicyclic amines) is 1. The Kier molecular flexibility index (Phi) is 5.53. The molecule has 28 heavy (non-hydrogen) atoms. The summed E-state index contributed by atoms with van der Waals surface area (Å²) in [4.78, 5) is 14.5. The maximum Gasteiger partial charge on any atom is 0.234 e. The quantitative estimate of drug-likeness (QED) is 0.712. The standard InChI is InChI=1S/C21H25N5O2/c1-28-18-6-4-5-16(13-18)14-22-21(27)15-25-11-9-17(10-12-25)26-20-8-3-2-7-19(20)23-24-26/h2-8,13,17H,9-12,14-15H2,1H3,(H,22,27). The minimum atomic E-state index is 0.0486. The van der Waals surface area contributed by atoms with Crippen LogP contribution in [0.2, 0.25) is 0 Å². The summed E-state index contributed by atoms with van der Waals surface area (Å²) in [5.74, 6) is 0.849. The van der Waals surface area contributed by atoms with E-state index in [0.29, 0.717) is 19.1 Å². The van der Waals surface area contributed by atoms with Crippen molar-refractivity contribution in [2.75, 3.05) is 26.7 Å². The van der Waals surface area contributed by atoms with Crippen LogP contribution in [0.15, 0.2) is 48.5 Å². The number of fused-ring (bicyclic) bond motifs is 1. The largest absolute Gasteiger partial charge is 0.497 e. The molecule has 1 aromatic heterocycles. The molecule has 1 N–H and O–H groups in total. The van der Waals surface area contributed by atoms with E-state index in [9.17, 15) is 4.79 Å². The Balaban J connectivity index is 1.26. The average Bonchev–Trinajstić information content (AvgIpc) is 3.17. The van der Waals surface area contributed by atoms with Gasteiger partial charge in [-0.15, -0.1) is 5.10 Å². The number of nitrogens with zero attached hydrogens (tertiary/aromatic N) is 4. The number of nitrogens with one attached hydrogen (secondary N) is 1. The van der Waals surface area contributed by atoms with E-state index >= 15 is 0 Å². The number of aromatic nitrogens is 3. The van der Waals surface area contributed by atoms with Gasteiger partial charge in [-0.3, -0.25) is 9.69 Å². The van der Waals surface area contributed by atoms with Crippen molar-refractivity contribution in [2.45, 2.75) is 25.4 Å². The van der Waals surface area contributed by atoms with Gasteiger partial charge in [-0.1, -0.05) is 29.5 Å². The van der Waals surface area contributed by atoms with Crippen LogP contribution in [0.1, 0.15) is 24.4 Å². The molecule has 0 saturated carbocycles. The molecular formula is C21H25N5O2. The number of carbonyl (C=O) groups excluding carboxylic acids is 1. The van der Waals surface area contributed by atoms with Crippen LogP contribution in [-0.2, 0) is 11.3 Å². The number of rotatable bonds is 6. The van der Waals surface area contributed by atoms with Gasteiger partial charge >= 0.3 is 0 Å². The zero-order valence-electron chi connectivity index (χ0n) is 16.0. The third-order valence-corrected chi connectivity index (χ3v) is 5.27.